The van der Waals surface area contributed by atoms with Crippen LogP contribution >= 0.6 is 0 Å². The molecule has 0 bridgehead atoms. The van der Waals surface area contributed by atoms with E-state index in [1.54, 1.807) is 7.11 Å². The standard InChI is InChI=1S/C13H19NO3/c1-14-8-10-3-4-12(15-2)13(7-10)17-11-5-6-16-9-11/h3-4,7,11,14H,5-6,8-9H2,1-2H3. The maximum atomic E-state index is 5.91. The number of methoxy groups -OCH3 is 1. The van der Waals surface area contributed by atoms with Gasteiger partial charge in [-0.1, -0.05) is 6.07 Å². The molecule has 1 fully saturated rings. The number of benzene rings is 1. The second kappa shape index (κ2) is 5.89. The van der Waals surface area contributed by atoms with Crippen LogP contribution < -0.4 is 14.8 Å². The Morgan fingerprint density at radius 3 is 2.94 bits per heavy atom. The Bertz CT molecular complexity index is 362. The van der Waals surface area contributed by atoms with E-state index in [2.05, 4.69) is 5.32 Å². The minimum absolute atomic E-state index is 0.147. The summed E-state index contributed by atoms with van der Waals surface area (Å²) in [6.45, 7) is 2.27. The molecule has 1 aromatic carbocycles. The molecule has 0 radical (unpaired) electrons. The van der Waals surface area contributed by atoms with E-state index in [0.717, 1.165) is 31.1 Å². The zero-order valence-electron chi connectivity index (χ0n) is 10.4. The van der Waals surface area contributed by atoms with Gasteiger partial charge in [0.25, 0.3) is 0 Å². The van der Waals surface area contributed by atoms with Crippen molar-refractivity contribution in [2.75, 3.05) is 27.4 Å². The van der Waals surface area contributed by atoms with Crippen molar-refractivity contribution >= 4 is 0 Å². The third-order valence-corrected chi connectivity index (χ3v) is 2.79. The lowest BCUT2D eigenvalue weighted by Crippen LogP contribution is -2.16. The van der Waals surface area contributed by atoms with Crippen LogP contribution in [0.4, 0.5) is 0 Å². The highest BCUT2D eigenvalue weighted by molar-refractivity contribution is 5.43. The third kappa shape index (κ3) is 3.11. The maximum absolute atomic E-state index is 5.91. The average Bonchev–Trinajstić information content (AvgIpc) is 2.83. The minimum Gasteiger partial charge on any atom is -0.493 e. The summed E-state index contributed by atoms with van der Waals surface area (Å²) in [7, 11) is 3.58. The zero-order chi connectivity index (χ0) is 12.1. The van der Waals surface area contributed by atoms with Crippen LogP contribution in [0, 0.1) is 0 Å². The van der Waals surface area contributed by atoms with Gasteiger partial charge in [-0.2, -0.15) is 0 Å². The van der Waals surface area contributed by atoms with Crippen LogP contribution in [-0.4, -0.2) is 33.5 Å². The van der Waals surface area contributed by atoms with Gasteiger partial charge in [0.15, 0.2) is 11.5 Å². The molecule has 1 aliphatic rings. The lowest BCUT2D eigenvalue weighted by molar-refractivity contribution is 0.138. The van der Waals surface area contributed by atoms with Crippen molar-refractivity contribution < 1.29 is 14.2 Å². The molecule has 0 amide bonds. The largest absolute Gasteiger partial charge is 0.493 e. The monoisotopic (exact) mass is 237 g/mol. The van der Waals surface area contributed by atoms with E-state index in [1.165, 1.54) is 5.56 Å². The van der Waals surface area contributed by atoms with Crippen molar-refractivity contribution in [3.63, 3.8) is 0 Å². The summed E-state index contributed by atoms with van der Waals surface area (Å²) in [6.07, 6.45) is 1.09. The van der Waals surface area contributed by atoms with Gasteiger partial charge in [-0.25, -0.2) is 0 Å². The predicted molar refractivity (Wildman–Crippen MR) is 65.6 cm³/mol. The molecule has 0 aliphatic carbocycles. The van der Waals surface area contributed by atoms with E-state index < -0.39 is 0 Å². The van der Waals surface area contributed by atoms with Crippen molar-refractivity contribution in [3.8, 4) is 11.5 Å². The van der Waals surface area contributed by atoms with Crippen molar-refractivity contribution in [2.24, 2.45) is 0 Å². The molecule has 1 heterocycles. The van der Waals surface area contributed by atoms with Gasteiger partial charge >= 0.3 is 0 Å². The smallest absolute Gasteiger partial charge is 0.162 e. The molecule has 1 N–H and O–H groups in total. The topological polar surface area (TPSA) is 39.7 Å². The van der Waals surface area contributed by atoms with Gasteiger partial charge in [-0.15, -0.1) is 0 Å². The Hall–Kier alpha value is -1.26. The Kier molecular flexibility index (Phi) is 4.23. The summed E-state index contributed by atoms with van der Waals surface area (Å²) in [5, 5.41) is 3.12. The van der Waals surface area contributed by atoms with Crippen LogP contribution in [0.3, 0.4) is 0 Å². The molecule has 1 atom stereocenters. The number of rotatable bonds is 5. The highest BCUT2D eigenvalue weighted by Gasteiger charge is 2.19. The van der Waals surface area contributed by atoms with Crippen LogP contribution in [0.2, 0.25) is 0 Å². The molecule has 0 saturated carbocycles. The summed E-state index contributed by atoms with van der Waals surface area (Å²) in [4.78, 5) is 0. The summed E-state index contributed by atoms with van der Waals surface area (Å²) >= 11 is 0. The van der Waals surface area contributed by atoms with Crippen molar-refractivity contribution in [1.29, 1.82) is 0 Å². The molecule has 94 valence electrons. The molecule has 4 heteroatoms. The van der Waals surface area contributed by atoms with Crippen LogP contribution in [0.25, 0.3) is 0 Å². The second-order valence-electron chi connectivity index (χ2n) is 4.12. The maximum Gasteiger partial charge on any atom is 0.162 e. The van der Waals surface area contributed by atoms with E-state index in [1.807, 2.05) is 25.2 Å². The van der Waals surface area contributed by atoms with Crippen molar-refractivity contribution in [2.45, 2.75) is 19.1 Å². The summed E-state index contributed by atoms with van der Waals surface area (Å²) in [5.41, 5.74) is 1.18. The van der Waals surface area contributed by atoms with E-state index in [4.69, 9.17) is 14.2 Å². The Morgan fingerprint density at radius 2 is 2.29 bits per heavy atom. The molecule has 1 aliphatic heterocycles. The van der Waals surface area contributed by atoms with Crippen LogP contribution in [0.15, 0.2) is 18.2 Å². The lowest BCUT2D eigenvalue weighted by atomic mass is 10.2. The van der Waals surface area contributed by atoms with Gasteiger partial charge in [-0.3, -0.25) is 0 Å². The summed E-state index contributed by atoms with van der Waals surface area (Å²) in [6, 6.07) is 6.00. The lowest BCUT2D eigenvalue weighted by Gasteiger charge is -2.16. The van der Waals surface area contributed by atoms with E-state index in [-0.39, 0.29) is 6.10 Å². The van der Waals surface area contributed by atoms with Crippen LogP contribution in [0.1, 0.15) is 12.0 Å². The second-order valence-corrected chi connectivity index (χ2v) is 4.12. The van der Waals surface area contributed by atoms with E-state index in [9.17, 15) is 0 Å². The van der Waals surface area contributed by atoms with Gasteiger partial charge in [0.05, 0.1) is 20.3 Å². The van der Waals surface area contributed by atoms with Gasteiger partial charge in [-0.05, 0) is 24.7 Å². The van der Waals surface area contributed by atoms with E-state index in [0.29, 0.717) is 6.61 Å². The van der Waals surface area contributed by atoms with Gasteiger partial charge in [0.1, 0.15) is 6.10 Å². The van der Waals surface area contributed by atoms with Crippen molar-refractivity contribution in [3.05, 3.63) is 23.8 Å². The Balaban J connectivity index is 2.12. The first-order valence-corrected chi connectivity index (χ1v) is 5.89. The molecule has 0 aromatic heterocycles. The molecule has 1 aromatic rings. The SMILES string of the molecule is CNCc1ccc(OC)c(OC2CCOC2)c1. The quantitative estimate of drug-likeness (QED) is 0.844. The number of hydrogen-bond donors (Lipinski definition) is 1. The molecular weight excluding hydrogens is 218 g/mol. The minimum atomic E-state index is 0.147. The molecule has 1 unspecified atom stereocenters. The molecular formula is C13H19NO3. The first kappa shape index (κ1) is 12.2. The molecule has 0 spiro atoms. The zero-order valence-corrected chi connectivity index (χ0v) is 10.4. The molecule has 1 saturated heterocycles. The van der Waals surface area contributed by atoms with Gasteiger partial charge < -0.3 is 19.5 Å². The third-order valence-electron chi connectivity index (χ3n) is 2.79. The predicted octanol–water partition coefficient (Wildman–Crippen LogP) is 1.58. The fourth-order valence-electron chi connectivity index (χ4n) is 1.91. The molecule has 17 heavy (non-hydrogen) atoms. The Labute approximate surface area is 102 Å². The van der Waals surface area contributed by atoms with Gasteiger partial charge in [0.2, 0.25) is 0 Å². The first-order valence-electron chi connectivity index (χ1n) is 5.89. The van der Waals surface area contributed by atoms with Crippen LogP contribution in [0.5, 0.6) is 11.5 Å². The summed E-state index contributed by atoms with van der Waals surface area (Å²) in [5.74, 6) is 1.58. The number of ether oxygens (including phenoxy) is 3. The summed E-state index contributed by atoms with van der Waals surface area (Å²) < 4.78 is 16.5. The van der Waals surface area contributed by atoms with Crippen molar-refractivity contribution in [1.82, 2.24) is 5.32 Å². The van der Waals surface area contributed by atoms with Crippen LogP contribution in [-0.2, 0) is 11.3 Å². The molecule has 4 nitrogen and oxygen atoms in total. The van der Waals surface area contributed by atoms with E-state index >= 15 is 0 Å². The number of nitrogens with one attached hydrogen (secondary N) is 1. The highest BCUT2D eigenvalue weighted by Crippen LogP contribution is 2.30. The van der Waals surface area contributed by atoms with Gasteiger partial charge in [0, 0.05) is 13.0 Å². The molecule has 2 rings (SSSR count). The fourth-order valence-corrected chi connectivity index (χ4v) is 1.91. The highest BCUT2D eigenvalue weighted by atomic mass is 16.6. The normalized spacial score (nSPS) is 19.3. The first-order chi connectivity index (χ1) is 8.33. The fraction of sp³-hybridized carbons (Fsp3) is 0.538. The number of hydrogen-bond acceptors (Lipinski definition) is 4. The Morgan fingerprint density at radius 1 is 1.41 bits per heavy atom. The average molecular weight is 237 g/mol.